The fourth-order valence-corrected chi connectivity index (χ4v) is 2.68. The van der Waals surface area contributed by atoms with Gasteiger partial charge in [0.05, 0.1) is 6.33 Å². The van der Waals surface area contributed by atoms with Gasteiger partial charge in [-0.2, -0.15) is 9.97 Å². The molecule has 2 aromatic rings. The van der Waals surface area contributed by atoms with Crippen LogP contribution >= 0.6 is 11.6 Å². The molecule has 1 N–H and O–H groups in total. The molecule has 0 atom stereocenters. The van der Waals surface area contributed by atoms with E-state index in [1.165, 1.54) is 6.42 Å². The number of hydrogen-bond donors (Lipinski definition) is 1. The summed E-state index contributed by atoms with van der Waals surface area (Å²) in [6, 6.07) is 0. The van der Waals surface area contributed by atoms with Gasteiger partial charge in [-0.1, -0.05) is 6.92 Å². The van der Waals surface area contributed by atoms with Crippen molar-refractivity contribution in [2.75, 3.05) is 37.6 Å². The first-order valence-corrected chi connectivity index (χ1v) is 6.99. The summed E-state index contributed by atoms with van der Waals surface area (Å²) in [5, 5.41) is 0.255. The highest BCUT2D eigenvalue weighted by Crippen LogP contribution is 2.23. The molecule has 7 heteroatoms. The van der Waals surface area contributed by atoms with E-state index >= 15 is 0 Å². The van der Waals surface area contributed by atoms with E-state index in [9.17, 15) is 0 Å². The van der Waals surface area contributed by atoms with Gasteiger partial charge in [-0.25, -0.2) is 4.98 Å². The van der Waals surface area contributed by atoms with Crippen LogP contribution in [-0.2, 0) is 0 Å². The van der Waals surface area contributed by atoms with E-state index in [2.05, 4.69) is 36.7 Å². The summed E-state index contributed by atoms with van der Waals surface area (Å²) < 4.78 is 0. The monoisotopic (exact) mass is 280 g/mol. The second kappa shape index (κ2) is 5.30. The van der Waals surface area contributed by atoms with E-state index in [-0.39, 0.29) is 5.28 Å². The number of hydrogen-bond acceptors (Lipinski definition) is 5. The van der Waals surface area contributed by atoms with E-state index < -0.39 is 0 Å². The van der Waals surface area contributed by atoms with Gasteiger partial charge in [0.2, 0.25) is 5.28 Å². The highest BCUT2D eigenvalue weighted by Gasteiger charge is 2.21. The molecular weight excluding hydrogens is 264 g/mol. The van der Waals surface area contributed by atoms with Gasteiger partial charge in [0, 0.05) is 26.2 Å². The number of piperazine rings is 1. The lowest BCUT2D eigenvalue weighted by molar-refractivity contribution is 0.258. The molecule has 1 aliphatic rings. The third-order valence-corrected chi connectivity index (χ3v) is 3.62. The largest absolute Gasteiger partial charge is 0.352 e. The molecule has 102 valence electrons. The number of aromatic amines is 1. The van der Waals surface area contributed by atoms with Crippen LogP contribution in [0, 0.1) is 0 Å². The van der Waals surface area contributed by atoms with Crippen LogP contribution in [0.4, 0.5) is 5.82 Å². The van der Waals surface area contributed by atoms with E-state index in [1.807, 2.05) is 0 Å². The molecular formula is C12H17ClN6. The Morgan fingerprint density at radius 1 is 1.26 bits per heavy atom. The van der Waals surface area contributed by atoms with E-state index in [1.54, 1.807) is 6.33 Å². The topological polar surface area (TPSA) is 60.9 Å². The second-order valence-corrected chi connectivity index (χ2v) is 5.08. The first-order chi connectivity index (χ1) is 9.28. The minimum absolute atomic E-state index is 0.255. The third-order valence-electron chi connectivity index (χ3n) is 3.45. The second-order valence-electron chi connectivity index (χ2n) is 4.75. The number of nitrogens with one attached hydrogen (secondary N) is 1. The zero-order valence-electron chi connectivity index (χ0n) is 10.9. The van der Waals surface area contributed by atoms with Gasteiger partial charge in [-0.3, -0.25) is 4.90 Å². The van der Waals surface area contributed by atoms with Crippen molar-refractivity contribution < 1.29 is 0 Å². The summed E-state index contributed by atoms with van der Waals surface area (Å²) in [4.78, 5) is 20.4. The summed E-state index contributed by atoms with van der Waals surface area (Å²) in [7, 11) is 0. The van der Waals surface area contributed by atoms with Gasteiger partial charge >= 0.3 is 0 Å². The molecule has 0 aromatic carbocycles. The fourth-order valence-electron chi connectivity index (χ4n) is 2.52. The molecule has 1 aliphatic heterocycles. The summed E-state index contributed by atoms with van der Waals surface area (Å²) >= 11 is 5.97. The van der Waals surface area contributed by atoms with Crippen LogP contribution < -0.4 is 4.90 Å². The highest BCUT2D eigenvalue weighted by molar-refractivity contribution is 6.28. The Bertz CT molecular complexity index is 560. The molecule has 3 rings (SSSR count). The minimum atomic E-state index is 0.255. The quantitative estimate of drug-likeness (QED) is 0.864. The summed E-state index contributed by atoms with van der Waals surface area (Å²) in [5.74, 6) is 0.864. The van der Waals surface area contributed by atoms with Crippen molar-refractivity contribution in [1.29, 1.82) is 0 Å². The van der Waals surface area contributed by atoms with Gasteiger partial charge in [-0.15, -0.1) is 0 Å². The van der Waals surface area contributed by atoms with Crippen LogP contribution in [0.5, 0.6) is 0 Å². The maximum Gasteiger partial charge on any atom is 0.226 e. The average Bonchev–Trinajstić information content (AvgIpc) is 2.87. The van der Waals surface area contributed by atoms with Crippen molar-refractivity contribution in [3.8, 4) is 0 Å². The van der Waals surface area contributed by atoms with Gasteiger partial charge in [0.1, 0.15) is 5.52 Å². The van der Waals surface area contributed by atoms with Crippen LogP contribution in [0.1, 0.15) is 13.3 Å². The Labute approximate surface area is 116 Å². The predicted molar refractivity (Wildman–Crippen MR) is 75.6 cm³/mol. The molecule has 1 fully saturated rings. The first kappa shape index (κ1) is 12.6. The Kier molecular flexibility index (Phi) is 3.52. The minimum Gasteiger partial charge on any atom is -0.352 e. The number of halogens is 1. The summed E-state index contributed by atoms with van der Waals surface area (Å²) in [6.45, 7) is 7.42. The molecule has 3 heterocycles. The summed E-state index contributed by atoms with van der Waals surface area (Å²) in [6.07, 6.45) is 2.83. The van der Waals surface area contributed by atoms with Crippen molar-refractivity contribution in [2.45, 2.75) is 13.3 Å². The first-order valence-electron chi connectivity index (χ1n) is 6.62. The van der Waals surface area contributed by atoms with Gasteiger partial charge in [0.15, 0.2) is 11.5 Å². The van der Waals surface area contributed by atoms with Gasteiger partial charge in [0.25, 0.3) is 0 Å². The van der Waals surface area contributed by atoms with Crippen molar-refractivity contribution in [1.82, 2.24) is 24.8 Å². The lowest BCUT2D eigenvalue weighted by atomic mass is 10.3. The number of imidazole rings is 1. The Morgan fingerprint density at radius 2 is 2.05 bits per heavy atom. The molecule has 0 radical (unpaired) electrons. The Hall–Kier alpha value is -1.40. The van der Waals surface area contributed by atoms with Crippen LogP contribution in [0.25, 0.3) is 11.2 Å². The van der Waals surface area contributed by atoms with Crippen molar-refractivity contribution in [3.63, 3.8) is 0 Å². The average molecular weight is 281 g/mol. The lowest BCUT2D eigenvalue weighted by Crippen LogP contribution is -2.46. The third kappa shape index (κ3) is 2.50. The fraction of sp³-hybridized carbons (Fsp3) is 0.583. The Morgan fingerprint density at radius 3 is 2.79 bits per heavy atom. The van der Waals surface area contributed by atoms with Crippen LogP contribution in [0.2, 0.25) is 5.28 Å². The van der Waals surface area contributed by atoms with E-state index in [0.29, 0.717) is 5.65 Å². The van der Waals surface area contributed by atoms with Crippen LogP contribution in [0.15, 0.2) is 6.33 Å². The maximum absolute atomic E-state index is 5.97. The molecule has 6 nitrogen and oxygen atoms in total. The predicted octanol–water partition coefficient (Wildman–Crippen LogP) is 1.54. The van der Waals surface area contributed by atoms with Crippen molar-refractivity contribution >= 4 is 28.6 Å². The summed E-state index contributed by atoms with van der Waals surface area (Å²) in [5.41, 5.74) is 1.50. The van der Waals surface area contributed by atoms with Crippen molar-refractivity contribution in [2.24, 2.45) is 0 Å². The number of nitrogens with zero attached hydrogens (tertiary/aromatic N) is 5. The number of aromatic nitrogens is 4. The molecule has 0 bridgehead atoms. The maximum atomic E-state index is 5.97. The number of fused-ring (bicyclic) bond motifs is 1. The zero-order valence-corrected chi connectivity index (χ0v) is 11.7. The molecule has 2 aromatic heterocycles. The van der Waals surface area contributed by atoms with Crippen molar-refractivity contribution in [3.05, 3.63) is 11.6 Å². The zero-order chi connectivity index (χ0) is 13.2. The smallest absolute Gasteiger partial charge is 0.226 e. The van der Waals surface area contributed by atoms with E-state index in [4.69, 9.17) is 11.6 Å². The van der Waals surface area contributed by atoms with Gasteiger partial charge in [-0.05, 0) is 24.6 Å². The SMILES string of the molecule is CCCN1CCN(c2nc(Cl)nc3nc[nH]c23)CC1. The number of anilines is 1. The highest BCUT2D eigenvalue weighted by atomic mass is 35.5. The van der Waals surface area contributed by atoms with Crippen LogP contribution in [0.3, 0.4) is 0 Å². The standard InChI is InChI=1S/C12H17ClN6/c1-2-3-18-4-6-19(7-5-18)11-9-10(15-8-14-9)16-12(13)17-11/h8H,2-7H2,1H3,(H,14,15,16,17). The van der Waals surface area contributed by atoms with Gasteiger partial charge < -0.3 is 9.88 Å². The molecule has 0 amide bonds. The number of H-pyrrole nitrogens is 1. The molecule has 1 saturated heterocycles. The number of rotatable bonds is 3. The molecule has 0 spiro atoms. The molecule has 0 unspecified atom stereocenters. The lowest BCUT2D eigenvalue weighted by Gasteiger charge is -2.35. The molecule has 19 heavy (non-hydrogen) atoms. The molecule has 0 aliphatic carbocycles. The van der Waals surface area contributed by atoms with Crippen LogP contribution in [-0.4, -0.2) is 57.6 Å². The Balaban J connectivity index is 1.83. The molecule has 0 saturated carbocycles. The van der Waals surface area contributed by atoms with E-state index in [0.717, 1.165) is 44.1 Å². The normalized spacial score (nSPS) is 17.3.